The molecule has 1 aromatic carbocycles. The summed E-state index contributed by atoms with van der Waals surface area (Å²) in [5.74, 6) is -2.96. The zero-order valence-electron chi connectivity index (χ0n) is 19.7. The first kappa shape index (κ1) is 24.8. The maximum absolute atomic E-state index is 13.6. The molecule has 3 unspecified atom stereocenters. The van der Waals surface area contributed by atoms with Crippen molar-refractivity contribution in [3.8, 4) is 11.6 Å². The lowest BCUT2D eigenvalue weighted by molar-refractivity contribution is -0.147. The second kappa shape index (κ2) is 9.21. The summed E-state index contributed by atoms with van der Waals surface area (Å²) in [7, 11) is 2.70. The van der Waals surface area contributed by atoms with E-state index in [1.165, 1.54) is 38.6 Å². The summed E-state index contributed by atoms with van der Waals surface area (Å²) >= 11 is 0. The van der Waals surface area contributed by atoms with Gasteiger partial charge in [-0.2, -0.15) is 17.9 Å². The first-order chi connectivity index (χ1) is 17.7. The van der Waals surface area contributed by atoms with Gasteiger partial charge in [-0.3, -0.25) is 4.79 Å². The molecular formula is C24H21F4N5O4. The lowest BCUT2D eigenvalue weighted by atomic mass is 9.79. The molecule has 0 saturated heterocycles. The number of rotatable bonds is 5. The zero-order chi connectivity index (χ0) is 26.4. The highest BCUT2D eigenvalue weighted by Gasteiger charge is 2.54. The highest BCUT2D eigenvalue weighted by Crippen LogP contribution is 2.54. The molecule has 0 amide bonds. The van der Waals surface area contributed by atoms with Crippen LogP contribution in [-0.4, -0.2) is 57.6 Å². The normalized spacial score (nSPS) is 23.4. The number of hydrogen-bond acceptors (Lipinski definition) is 8. The Morgan fingerprint density at radius 3 is 2.65 bits per heavy atom. The average Bonchev–Trinajstić information content (AvgIpc) is 3.63. The molecule has 37 heavy (non-hydrogen) atoms. The van der Waals surface area contributed by atoms with Gasteiger partial charge < -0.3 is 14.2 Å². The van der Waals surface area contributed by atoms with Crippen molar-refractivity contribution in [1.29, 1.82) is 0 Å². The van der Waals surface area contributed by atoms with Crippen LogP contribution in [0.4, 0.5) is 17.6 Å². The quantitative estimate of drug-likeness (QED) is 0.371. The summed E-state index contributed by atoms with van der Waals surface area (Å²) < 4.78 is 71.0. The summed E-state index contributed by atoms with van der Waals surface area (Å²) in [6.07, 6.45) is -0.827. The molecule has 0 N–H and O–H groups in total. The average molecular weight is 519 g/mol. The number of aromatic nitrogens is 5. The Morgan fingerprint density at radius 1 is 1.22 bits per heavy atom. The van der Waals surface area contributed by atoms with Crippen LogP contribution in [0, 0.1) is 11.7 Å². The van der Waals surface area contributed by atoms with Gasteiger partial charge >= 0.3 is 12.1 Å². The standard InChI is InChI=1S/C24H21F4N5O4/c1-35-20-18(9-16(11-29-20)33-22(24(26,27)28)30-31-32-33)14-10-23(37-12-14)8-7-17(21(34)36-2)19(23)13-3-5-15(25)6-4-13/h3-6,9-11,17,19H,7-8,12H2,1-2H3. The fourth-order valence-corrected chi connectivity index (χ4v) is 5.19. The van der Waals surface area contributed by atoms with Crippen molar-refractivity contribution < 1.29 is 36.6 Å². The van der Waals surface area contributed by atoms with Crippen LogP contribution < -0.4 is 4.74 Å². The van der Waals surface area contributed by atoms with Crippen LogP contribution >= 0.6 is 0 Å². The van der Waals surface area contributed by atoms with E-state index < -0.39 is 41.2 Å². The largest absolute Gasteiger partial charge is 0.481 e. The summed E-state index contributed by atoms with van der Waals surface area (Å²) in [4.78, 5) is 16.8. The van der Waals surface area contributed by atoms with Crippen LogP contribution in [0.25, 0.3) is 11.3 Å². The molecule has 13 heteroatoms. The number of tetrazole rings is 1. The molecule has 1 aliphatic heterocycles. The van der Waals surface area contributed by atoms with Crippen molar-refractivity contribution in [3.05, 3.63) is 65.4 Å². The summed E-state index contributed by atoms with van der Waals surface area (Å²) in [5, 5.41) is 9.70. The van der Waals surface area contributed by atoms with E-state index in [-0.39, 0.29) is 18.2 Å². The van der Waals surface area contributed by atoms with Gasteiger partial charge in [0.1, 0.15) is 5.82 Å². The minimum atomic E-state index is -4.78. The second-order valence-corrected chi connectivity index (χ2v) is 8.77. The first-order valence-corrected chi connectivity index (χ1v) is 11.3. The highest BCUT2D eigenvalue weighted by atomic mass is 19.4. The number of esters is 1. The lowest BCUT2D eigenvalue weighted by Crippen LogP contribution is -2.34. The predicted octanol–water partition coefficient (Wildman–Crippen LogP) is 3.74. The fourth-order valence-electron chi connectivity index (χ4n) is 5.19. The Labute approximate surface area is 208 Å². The van der Waals surface area contributed by atoms with E-state index in [2.05, 4.69) is 20.5 Å². The fraction of sp³-hybridized carbons (Fsp3) is 0.375. The number of ether oxygens (including phenoxy) is 3. The number of methoxy groups -OCH3 is 2. The number of carbonyl (C=O) groups is 1. The van der Waals surface area contributed by atoms with E-state index in [9.17, 15) is 22.4 Å². The molecule has 1 fully saturated rings. The van der Waals surface area contributed by atoms with Crippen molar-refractivity contribution >= 4 is 11.5 Å². The van der Waals surface area contributed by atoms with Crippen LogP contribution in [0.5, 0.6) is 5.88 Å². The summed E-state index contributed by atoms with van der Waals surface area (Å²) in [5.41, 5.74) is 0.738. The van der Waals surface area contributed by atoms with Crippen LogP contribution in [0.15, 0.2) is 42.6 Å². The summed E-state index contributed by atoms with van der Waals surface area (Å²) in [6, 6.07) is 7.28. The predicted molar refractivity (Wildman–Crippen MR) is 119 cm³/mol. The van der Waals surface area contributed by atoms with E-state index in [4.69, 9.17) is 14.2 Å². The van der Waals surface area contributed by atoms with E-state index in [1.54, 1.807) is 12.1 Å². The van der Waals surface area contributed by atoms with Crippen molar-refractivity contribution in [2.75, 3.05) is 20.8 Å². The van der Waals surface area contributed by atoms with Crippen molar-refractivity contribution in [3.63, 3.8) is 0 Å². The van der Waals surface area contributed by atoms with Gasteiger partial charge in [0.05, 0.1) is 44.2 Å². The van der Waals surface area contributed by atoms with Gasteiger partial charge in [-0.15, -0.1) is 5.10 Å². The van der Waals surface area contributed by atoms with Crippen LogP contribution in [-0.2, 0) is 20.4 Å². The molecule has 3 atom stereocenters. The van der Waals surface area contributed by atoms with Crippen LogP contribution in [0.1, 0.15) is 35.7 Å². The Balaban J connectivity index is 1.58. The number of halogens is 4. The number of pyridine rings is 1. The number of hydrogen-bond donors (Lipinski definition) is 0. The molecule has 1 aliphatic carbocycles. The molecule has 1 spiro atoms. The Hall–Kier alpha value is -3.87. The van der Waals surface area contributed by atoms with Gasteiger partial charge in [0.15, 0.2) is 0 Å². The molecule has 9 nitrogen and oxygen atoms in total. The van der Waals surface area contributed by atoms with Crippen LogP contribution in [0.3, 0.4) is 0 Å². The Bertz CT molecular complexity index is 1360. The van der Waals surface area contributed by atoms with Crippen molar-refractivity contribution in [1.82, 2.24) is 25.2 Å². The first-order valence-electron chi connectivity index (χ1n) is 11.3. The molecule has 3 aromatic rings. The van der Waals surface area contributed by atoms with Gasteiger partial charge in [0.25, 0.3) is 5.82 Å². The monoisotopic (exact) mass is 519 g/mol. The minimum absolute atomic E-state index is 0.0241. The molecule has 3 heterocycles. The Morgan fingerprint density at radius 2 is 1.97 bits per heavy atom. The number of carbonyl (C=O) groups excluding carboxylic acids is 1. The lowest BCUT2D eigenvalue weighted by Gasteiger charge is -2.31. The van der Waals surface area contributed by atoms with Gasteiger partial charge in [-0.1, -0.05) is 12.1 Å². The molecular weight excluding hydrogens is 498 g/mol. The molecule has 1 saturated carbocycles. The van der Waals surface area contributed by atoms with E-state index in [0.717, 1.165) is 0 Å². The minimum Gasteiger partial charge on any atom is -0.481 e. The third-order valence-electron chi connectivity index (χ3n) is 6.77. The zero-order valence-corrected chi connectivity index (χ0v) is 19.7. The smallest absolute Gasteiger partial charge is 0.453 e. The molecule has 0 bridgehead atoms. The van der Waals surface area contributed by atoms with E-state index in [1.807, 2.05) is 6.08 Å². The third kappa shape index (κ3) is 4.32. The van der Waals surface area contributed by atoms with Gasteiger partial charge in [0, 0.05) is 11.5 Å². The Kier molecular flexibility index (Phi) is 6.18. The van der Waals surface area contributed by atoms with Crippen molar-refractivity contribution in [2.45, 2.75) is 30.5 Å². The van der Waals surface area contributed by atoms with E-state index >= 15 is 0 Å². The second-order valence-electron chi connectivity index (χ2n) is 8.77. The molecule has 0 radical (unpaired) electrons. The molecule has 2 aromatic heterocycles. The van der Waals surface area contributed by atoms with Crippen molar-refractivity contribution in [2.24, 2.45) is 5.92 Å². The number of nitrogens with zero attached hydrogens (tertiary/aromatic N) is 5. The maximum atomic E-state index is 13.6. The SMILES string of the molecule is COC(=O)C1CCC2(C=C(c3cc(-n4nnnc4C(F)(F)F)cnc3OC)CO2)C1c1ccc(F)cc1. The maximum Gasteiger partial charge on any atom is 0.453 e. The van der Waals surface area contributed by atoms with Gasteiger partial charge in [-0.25, -0.2) is 9.37 Å². The van der Waals surface area contributed by atoms with Gasteiger partial charge in [-0.05, 0) is 58.7 Å². The molecule has 194 valence electrons. The van der Waals surface area contributed by atoms with Crippen LogP contribution in [0.2, 0.25) is 0 Å². The third-order valence-corrected chi connectivity index (χ3v) is 6.77. The summed E-state index contributed by atoms with van der Waals surface area (Å²) in [6.45, 7) is 0.0782. The number of benzene rings is 1. The number of alkyl halides is 3. The van der Waals surface area contributed by atoms with Gasteiger partial charge in [0.2, 0.25) is 5.88 Å². The molecule has 2 aliphatic rings. The topological polar surface area (TPSA) is 101 Å². The highest BCUT2D eigenvalue weighted by molar-refractivity contribution is 5.78. The molecule has 5 rings (SSSR count). The van der Waals surface area contributed by atoms with E-state index in [0.29, 0.717) is 34.2 Å².